The van der Waals surface area contributed by atoms with Crippen LogP contribution in [0.2, 0.25) is 0 Å². The molecule has 0 aliphatic heterocycles. The highest BCUT2D eigenvalue weighted by molar-refractivity contribution is 9.10. The summed E-state index contributed by atoms with van der Waals surface area (Å²) in [5, 5.41) is 4.57. The topological polar surface area (TPSA) is 43.8 Å². The maximum absolute atomic E-state index is 6.58. The highest BCUT2D eigenvalue weighted by Gasteiger charge is 2.38. The van der Waals surface area contributed by atoms with Crippen molar-refractivity contribution in [1.29, 1.82) is 0 Å². The number of halogens is 1. The zero-order valence-corrected chi connectivity index (χ0v) is 14.0. The van der Waals surface area contributed by atoms with Crippen molar-refractivity contribution < 1.29 is 0 Å². The van der Waals surface area contributed by atoms with Gasteiger partial charge in [-0.25, -0.2) is 0 Å². The van der Waals surface area contributed by atoms with Gasteiger partial charge in [0.15, 0.2) is 0 Å². The van der Waals surface area contributed by atoms with Gasteiger partial charge >= 0.3 is 0 Å². The smallest absolute Gasteiger partial charge is 0.0766 e. The van der Waals surface area contributed by atoms with Gasteiger partial charge in [-0.15, -0.1) is 0 Å². The molecule has 108 valence electrons. The lowest BCUT2D eigenvalue weighted by atomic mass is 9.75. The van der Waals surface area contributed by atoms with Crippen LogP contribution in [0.3, 0.4) is 0 Å². The molecular formula is C15H26BrN3. The highest BCUT2D eigenvalue weighted by atomic mass is 79.9. The normalized spacial score (nSPS) is 19.8. The predicted molar refractivity (Wildman–Crippen MR) is 83.2 cm³/mol. The van der Waals surface area contributed by atoms with Crippen molar-refractivity contribution in [3.8, 4) is 0 Å². The van der Waals surface area contributed by atoms with E-state index in [0.29, 0.717) is 5.41 Å². The first-order valence-corrected chi connectivity index (χ1v) is 8.29. The van der Waals surface area contributed by atoms with Crippen molar-refractivity contribution in [1.82, 2.24) is 9.78 Å². The molecule has 2 N–H and O–H groups in total. The van der Waals surface area contributed by atoms with E-state index in [4.69, 9.17) is 5.73 Å². The van der Waals surface area contributed by atoms with Crippen LogP contribution in [0, 0.1) is 5.41 Å². The molecule has 2 rings (SSSR count). The highest BCUT2D eigenvalue weighted by Crippen LogP contribution is 2.44. The second-order valence-electron chi connectivity index (χ2n) is 5.92. The molecule has 1 unspecified atom stereocenters. The number of aromatic nitrogens is 2. The average Bonchev–Trinajstić information content (AvgIpc) is 2.99. The minimum atomic E-state index is 0.247. The maximum Gasteiger partial charge on any atom is 0.0766 e. The van der Waals surface area contributed by atoms with Gasteiger partial charge < -0.3 is 5.73 Å². The Balaban J connectivity index is 2.18. The Labute approximate surface area is 125 Å². The van der Waals surface area contributed by atoms with Crippen LogP contribution >= 0.6 is 15.9 Å². The molecule has 3 nitrogen and oxygen atoms in total. The molecule has 1 atom stereocenters. The Bertz CT molecular complexity index is 433. The quantitative estimate of drug-likeness (QED) is 0.898. The Kier molecular flexibility index (Phi) is 4.72. The molecule has 1 aliphatic carbocycles. The van der Waals surface area contributed by atoms with Crippen LogP contribution in [0.1, 0.15) is 57.3 Å². The Hall–Kier alpha value is -0.350. The standard InChI is InChI=1S/C15H26BrN3/c1-4-11-14(16)12(19(3)18-11)10-13(17)15(5-2)8-6-7-9-15/h13H,4-10,17H2,1-3H3. The van der Waals surface area contributed by atoms with Crippen LogP contribution in [0.4, 0.5) is 0 Å². The van der Waals surface area contributed by atoms with Gasteiger partial charge in [0.25, 0.3) is 0 Å². The minimum Gasteiger partial charge on any atom is -0.327 e. The van der Waals surface area contributed by atoms with Crippen molar-refractivity contribution in [3.05, 3.63) is 15.9 Å². The number of nitrogens with two attached hydrogens (primary N) is 1. The first-order valence-electron chi connectivity index (χ1n) is 7.50. The van der Waals surface area contributed by atoms with Crippen molar-refractivity contribution in [2.24, 2.45) is 18.2 Å². The minimum absolute atomic E-state index is 0.247. The molecule has 1 aliphatic rings. The Morgan fingerprint density at radius 2 is 2.00 bits per heavy atom. The van der Waals surface area contributed by atoms with E-state index in [0.717, 1.165) is 23.0 Å². The molecule has 0 amide bonds. The van der Waals surface area contributed by atoms with Gasteiger partial charge in [-0.1, -0.05) is 26.7 Å². The van der Waals surface area contributed by atoms with Crippen LogP contribution in [0.5, 0.6) is 0 Å². The monoisotopic (exact) mass is 327 g/mol. The zero-order chi connectivity index (χ0) is 14.0. The van der Waals surface area contributed by atoms with Crippen LogP contribution in [-0.2, 0) is 19.9 Å². The fraction of sp³-hybridized carbons (Fsp3) is 0.800. The van der Waals surface area contributed by atoms with Gasteiger partial charge in [0.1, 0.15) is 0 Å². The molecule has 0 spiro atoms. The fourth-order valence-corrected chi connectivity index (χ4v) is 4.31. The molecule has 1 aromatic heterocycles. The summed E-state index contributed by atoms with van der Waals surface area (Å²) >= 11 is 3.70. The van der Waals surface area contributed by atoms with Crippen molar-refractivity contribution >= 4 is 15.9 Å². The van der Waals surface area contributed by atoms with Gasteiger partial charge in [0.2, 0.25) is 0 Å². The van der Waals surface area contributed by atoms with E-state index < -0.39 is 0 Å². The lowest BCUT2D eigenvalue weighted by molar-refractivity contribution is 0.216. The summed E-state index contributed by atoms with van der Waals surface area (Å²) < 4.78 is 3.17. The molecule has 0 saturated heterocycles. The lowest BCUT2D eigenvalue weighted by Gasteiger charge is -2.34. The van der Waals surface area contributed by atoms with E-state index in [1.165, 1.54) is 37.8 Å². The third-order valence-corrected chi connectivity index (χ3v) is 5.92. The summed E-state index contributed by atoms with van der Waals surface area (Å²) in [4.78, 5) is 0. The molecule has 0 aromatic carbocycles. The summed E-state index contributed by atoms with van der Waals surface area (Å²) in [6.45, 7) is 4.43. The van der Waals surface area contributed by atoms with Crippen molar-refractivity contribution in [3.63, 3.8) is 0 Å². The molecule has 1 heterocycles. The molecule has 19 heavy (non-hydrogen) atoms. The Morgan fingerprint density at radius 3 is 2.47 bits per heavy atom. The van der Waals surface area contributed by atoms with E-state index in [1.807, 2.05) is 11.7 Å². The van der Waals surface area contributed by atoms with Crippen LogP contribution in [0.15, 0.2) is 4.47 Å². The van der Waals surface area contributed by atoms with Gasteiger partial charge in [0.05, 0.1) is 15.9 Å². The fourth-order valence-electron chi connectivity index (χ4n) is 3.53. The number of rotatable bonds is 5. The van der Waals surface area contributed by atoms with Crippen LogP contribution < -0.4 is 5.73 Å². The summed E-state index contributed by atoms with van der Waals surface area (Å²) in [6.07, 6.45) is 8.36. The first kappa shape index (κ1) is 15.0. The van der Waals surface area contributed by atoms with Gasteiger partial charge in [-0.2, -0.15) is 5.10 Å². The molecule has 0 bridgehead atoms. The summed E-state index contributed by atoms with van der Waals surface area (Å²) in [5.41, 5.74) is 9.33. The molecule has 0 radical (unpaired) electrons. The number of hydrogen-bond acceptors (Lipinski definition) is 2. The second kappa shape index (κ2) is 5.96. The third-order valence-electron chi connectivity index (χ3n) is 5.01. The number of aryl methyl sites for hydroxylation is 2. The molecule has 4 heteroatoms. The molecule has 1 fully saturated rings. The summed E-state index contributed by atoms with van der Waals surface area (Å²) in [7, 11) is 2.03. The van der Waals surface area contributed by atoms with Crippen LogP contribution in [0.25, 0.3) is 0 Å². The van der Waals surface area contributed by atoms with Gasteiger partial charge in [-0.05, 0) is 47.0 Å². The second-order valence-corrected chi connectivity index (χ2v) is 6.71. The number of hydrogen-bond donors (Lipinski definition) is 1. The van der Waals surface area contributed by atoms with E-state index in [-0.39, 0.29) is 6.04 Å². The van der Waals surface area contributed by atoms with Gasteiger partial charge in [0, 0.05) is 19.5 Å². The first-order chi connectivity index (χ1) is 9.04. The summed E-state index contributed by atoms with van der Waals surface area (Å²) in [6, 6.07) is 0.247. The van der Waals surface area contributed by atoms with E-state index >= 15 is 0 Å². The van der Waals surface area contributed by atoms with Crippen molar-refractivity contribution in [2.75, 3.05) is 0 Å². The SMILES string of the molecule is CCc1nn(C)c(CC(N)C2(CC)CCCC2)c1Br. The average molecular weight is 328 g/mol. The Morgan fingerprint density at radius 1 is 1.37 bits per heavy atom. The molecular weight excluding hydrogens is 302 g/mol. The largest absolute Gasteiger partial charge is 0.327 e. The van der Waals surface area contributed by atoms with Crippen molar-refractivity contribution in [2.45, 2.75) is 64.8 Å². The maximum atomic E-state index is 6.58. The zero-order valence-electron chi connectivity index (χ0n) is 12.4. The van der Waals surface area contributed by atoms with Gasteiger partial charge in [-0.3, -0.25) is 4.68 Å². The predicted octanol–water partition coefficient (Wildman–Crippen LogP) is 3.59. The van der Waals surface area contributed by atoms with E-state index in [1.54, 1.807) is 0 Å². The molecule has 1 aromatic rings. The van der Waals surface area contributed by atoms with E-state index in [9.17, 15) is 0 Å². The lowest BCUT2D eigenvalue weighted by Crippen LogP contribution is -2.41. The number of nitrogens with zero attached hydrogens (tertiary/aromatic N) is 2. The summed E-state index contributed by atoms with van der Waals surface area (Å²) in [5.74, 6) is 0. The molecule has 1 saturated carbocycles. The van der Waals surface area contributed by atoms with E-state index in [2.05, 4.69) is 34.9 Å². The third kappa shape index (κ3) is 2.75. The van der Waals surface area contributed by atoms with Crippen LogP contribution in [-0.4, -0.2) is 15.8 Å².